The SMILES string of the molecule is CCCCCCCOc1ccc(C/C=C/C2CCC(CCCCC)CC2)cc1. The third-order valence-electron chi connectivity index (χ3n) is 6.31. The van der Waals surface area contributed by atoms with Crippen LogP contribution in [0.25, 0.3) is 0 Å². The van der Waals surface area contributed by atoms with Crippen LogP contribution >= 0.6 is 0 Å². The van der Waals surface area contributed by atoms with E-state index in [2.05, 4.69) is 50.3 Å². The zero-order chi connectivity index (χ0) is 19.9. The summed E-state index contributed by atoms with van der Waals surface area (Å²) in [5.41, 5.74) is 1.39. The molecule has 0 atom stereocenters. The molecule has 0 N–H and O–H groups in total. The summed E-state index contributed by atoms with van der Waals surface area (Å²) >= 11 is 0. The van der Waals surface area contributed by atoms with Crippen LogP contribution in [0.5, 0.6) is 5.75 Å². The molecule has 1 saturated carbocycles. The van der Waals surface area contributed by atoms with E-state index in [-0.39, 0.29) is 0 Å². The highest BCUT2D eigenvalue weighted by Gasteiger charge is 2.18. The molecule has 1 aromatic rings. The van der Waals surface area contributed by atoms with Gasteiger partial charge < -0.3 is 4.74 Å². The van der Waals surface area contributed by atoms with Crippen LogP contribution in [-0.2, 0) is 6.42 Å². The molecule has 0 bridgehead atoms. The minimum Gasteiger partial charge on any atom is -0.494 e. The van der Waals surface area contributed by atoms with Gasteiger partial charge in [0.2, 0.25) is 0 Å². The molecule has 1 nitrogen and oxygen atoms in total. The van der Waals surface area contributed by atoms with Gasteiger partial charge in [-0.2, -0.15) is 0 Å². The molecule has 0 amide bonds. The molecular weight excluding hydrogens is 340 g/mol. The maximum atomic E-state index is 5.87. The fourth-order valence-corrected chi connectivity index (χ4v) is 4.37. The standard InChI is InChI=1S/C27H44O/c1-3-5-7-8-10-23-28-27-21-19-26(20-22-27)14-11-13-25-17-15-24(16-18-25)12-9-6-4-2/h11,13,19-22,24-25H,3-10,12,14-18,23H2,1-2H3/b13-11+. The Balaban J connectivity index is 1.58. The van der Waals surface area contributed by atoms with Crippen molar-refractivity contribution in [3.63, 3.8) is 0 Å². The third-order valence-corrected chi connectivity index (χ3v) is 6.31. The molecule has 28 heavy (non-hydrogen) atoms. The summed E-state index contributed by atoms with van der Waals surface area (Å²) in [7, 11) is 0. The van der Waals surface area contributed by atoms with Gasteiger partial charge >= 0.3 is 0 Å². The van der Waals surface area contributed by atoms with Gasteiger partial charge in [0.1, 0.15) is 5.75 Å². The molecule has 0 spiro atoms. The number of hydrogen-bond donors (Lipinski definition) is 0. The Labute approximate surface area is 175 Å². The predicted molar refractivity (Wildman–Crippen MR) is 123 cm³/mol. The molecule has 1 aliphatic rings. The second kappa shape index (κ2) is 14.7. The van der Waals surface area contributed by atoms with E-state index in [0.29, 0.717) is 0 Å². The molecular formula is C27H44O. The first-order chi connectivity index (χ1) is 13.8. The van der Waals surface area contributed by atoms with E-state index in [4.69, 9.17) is 4.74 Å². The Morgan fingerprint density at radius 2 is 1.50 bits per heavy atom. The number of rotatable bonds is 14. The van der Waals surface area contributed by atoms with Crippen LogP contribution in [0.1, 0.15) is 103 Å². The molecule has 2 rings (SSSR count). The molecule has 1 aromatic carbocycles. The van der Waals surface area contributed by atoms with Gasteiger partial charge in [0.25, 0.3) is 0 Å². The third kappa shape index (κ3) is 9.80. The zero-order valence-corrected chi connectivity index (χ0v) is 18.6. The normalized spacial score (nSPS) is 19.9. The summed E-state index contributed by atoms with van der Waals surface area (Å²) < 4.78 is 5.87. The number of ether oxygens (including phenoxy) is 1. The highest BCUT2D eigenvalue weighted by Crippen LogP contribution is 2.32. The Morgan fingerprint density at radius 3 is 2.21 bits per heavy atom. The minimum absolute atomic E-state index is 0.817. The zero-order valence-electron chi connectivity index (χ0n) is 18.6. The van der Waals surface area contributed by atoms with E-state index in [1.165, 1.54) is 89.0 Å². The van der Waals surface area contributed by atoms with Crippen molar-refractivity contribution in [1.82, 2.24) is 0 Å². The van der Waals surface area contributed by atoms with Gasteiger partial charge in [0.05, 0.1) is 6.61 Å². The van der Waals surface area contributed by atoms with Crippen molar-refractivity contribution in [1.29, 1.82) is 0 Å². The largest absolute Gasteiger partial charge is 0.494 e. The van der Waals surface area contributed by atoms with E-state index < -0.39 is 0 Å². The van der Waals surface area contributed by atoms with Gasteiger partial charge in [0.15, 0.2) is 0 Å². The van der Waals surface area contributed by atoms with Crippen LogP contribution in [-0.4, -0.2) is 6.61 Å². The first-order valence-electron chi connectivity index (χ1n) is 12.2. The van der Waals surface area contributed by atoms with Crippen molar-refractivity contribution in [2.24, 2.45) is 11.8 Å². The van der Waals surface area contributed by atoms with Crippen molar-refractivity contribution in [3.8, 4) is 5.75 Å². The summed E-state index contributed by atoms with van der Waals surface area (Å²) in [6.45, 7) is 5.41. The molecule has 0 heterocycles. The van der Waals surface area contributed by atoms with Gasteiger partial charge in [-0.25, -0.2) is 0 Å². The van der Waals surface area contributed by atoms with E-state index in [0.717, 1.165) is 30.6 Å². The lowest BCUT2D eigenvalue weighted by Crippen LogP contribution is -2.13. The molecule has 0 radical (unpaired) electrons. The van der Waals surface area contributed by atoms with E-state index in [9.17, 15) is 0 Å². The molecule has 0 unspecified atom stereocenters. The average Bonchev–Trinajstić information content (AvgIpc) is 2.73. The van der Waals surface area contributed by atoms with Crippen molar-refractivity contribution >= 4 is 0 Å². The Morgan fingerprint density at radius 1 is 0.821 bits per heavy atom. The van der Waals surface area contributed by atoms with Crippen molar-refractivity contribution < 1.29 is 4.74 Å². The lowest BCUT2D eigenvalue weighted by atomic mass is 9.79. The summed E-state index contributed by atoms with van der Waals surface area (Å²) in [5, 5.41) is 0. The Hall–Kier alpha value is -1.24. The fraction of sp³-hybridized carbons (Fsp3) is 0.704. The number of hydrogen-bond acceptors (Lipinski definition) is 1. The van der Waals surface area contributed by atoms with Gasteiger partial charge in [0, 0.05) is 0 Å². The van der Waals surface area contributed by atoms with Gasteiger partial charge in [-0.05, 0) is 68.1 Å². The summed E-state index contributed by atoms with van der Waals surface area (Å²) in [5.74, 6) is 2.85. The minimum atomic E-state index is 0.817. The van der Waals surface area contributed by atoms with E-state index >= 15 is 0 Å². The van der Waals surface area contributed by atoms with Crippen LogP contribution in [0.15, 0.2) is 36.4 Å². The number of benzene rings is 1. The first kappa shape index (κ1) is 23.0. The summed E-state index contributed by atoms with van der Waals surface area (Å²) in [4.78, 5) is 0. The smallest absolute Gasteiger partial charge is 0.119 e. The summed E-state index contributed by atoms with van der Waals surface area (Å²) in [6.07, 6.45) is 23.8. The maximum Gasteiger partial charge on any atom is 0.119 e. The highest BCUT2D eigenvalue weighted by molar-refractivity contribution is 5.28. The molecule has 0 aromatic heterocycles. The van der Waals surface area contributed by atoms with Gasteiger partial charge in [-0.15, -0.1) is 0 Å². The quantitative estimate of drug-likeness (QED) is 0.231. The van der Waals surface area contributed by atoms with E-state index in [1.807, 2.05) is 0 Å². The van der Waals surface area contributed by atoms with Crippen LogP contribution in [0.4, 0.5) is 0 Å². The molecule has 1 heteroatoms. The lowest BCUT2D eigenvalue weighted by Gasteiger charge is -2.26. The van der Waals surface area contributed by atoms with Crippen LogP contribution in [0, 0.1) is 11.8 Å². The second-order valence-electron chi connectivity index (χ2n) is 8.82. The van der Waals surface area contributed by atoms with Gasteiger partial charge in [-0.3, -0.25) is 0 Å². The van der Waals surface area contributed by atoms with Gasteiger partial charge in [-0.1, -0.05) is 89.5 Å². The van der Waals surface area contributed by atoms with Crippen molar-refractivity contribution in [2.45, 2.75) is 104 Å². The van der Waals surface area contributed by atoms with Crippen molar-refractivity contribution in [3.05, 3.63) is 42.0 Å². The molecule has 1 fully saturated rings. The average molecular weight is 385 g/mol. The Bertz CT molecular complexity index is 508. The maximum absolute atomic E-state index is 5.87. The predicted octanol–water partition coefficient (Wildman–Crippen LogP) is 8.52. The topological polar surface area (TPSA) is 9.23 Å². The lowest BCUT2D eigenvalue weighted by molar-refractivity contribution is 0.289. The molecule has 158 valence electrons. The first-order valence-corrected chi connectivity index (χ1v) is 12.2. The van der Waals surface area contributed by atoms with Crippen LogP contribution in [0.2, 0.25) is 0 Å². The number of allylic oxidation sites excluding steroid dienone is 2. The highest BCUT2D eigenvalue weighted by atomic mass is 16.5. The Kier molecular flexibility index (Phi) is 12.1. The number of unbranched alkanes of at least 4 members (excludes halogenated alkanes) is 6. The van der Waals surface area contributed by atoms with Crippen LogP contribution in [0.3, 0.4) is 0 Å². The molecule has 0 aliphatic heterocycles. The molecule has 0 saturated heterocycles. The molecule has 1 aliphatic carbocycles. The second-order valence-corrected chi connectivity index (χ2v) is 8.82. The monoisotopic (exact) mass is 384 g/mol. The summed E-state index contributed by atoms with van der Waals surface area (Å²) in [6, 6.07) is 8.72. The van der Waals surface area contributed by atoms with Crippen molar-refractivity contribution in [2.75, 3.05) is 6.61 Å². The van der Waals surface area contributed by atoms with E-state index in [1.54, 1.807) is 0 Å². The fourth-order valence-electron chi connectivity index (χ4n) is 4.37. The van der Waals surface area contributed by atoms with Crippen LogP contribution < -0.4 is 4.74 Å².